The molecule has 0 atom stereocenters. The van der Waals surface area contributed by atoms with Gasteiger partial charge >= 0.3 is 12.3 Å². The Hall–Kier alpha value is -3.15. The van der Waals surface area contributed by atoms with Gasteiger partial charge in [-0.2, -0.15) is 18.2 Å². The van der Waals surface area contributed by atoms with E-state index in [1.54, 1.807) is 4.90 Å². The van der Waals surface area contributed by atoms with E-state index in [1.807, 2.05) is 0 Å². The lowest BCUT2D eigenvalue weighted by molar-refractivity contribution is -0.137. The van der Waals surface area contributed by atoms with Crippen LogP contribution >= 0.6 is 0 Å². The number of pyridine rings is 1. The molecule has 1 amide bonds. The Morgan fingerprint density at radius 2 is 1.83 bits per heavy atom. The van der Waals surface area contributed by atoms with Crippen LogP contribution in [0.3, 0.4) is 0 Å². The van der Waals surface area contributed by atoms with E-state index in [0.717, 1.165) is 12.3 Å². The van der Waals surface area contributed by atoms with Crippen LogP contribution in [0.5, 0.6) is 0 Å². The van der Waals surface area contributed by atoms with Crippen LogP contribution in [-0.2, 0) is 15.7 Å². The molecular formula is C17H17F3N6O3. The molecule has 0 unspecified atom stereocenters. The Morgan fingerprint density at radius 1 is 1.07 bits per heavy atom. The van der Waals surface area contributed by atoms with Crippen molar-refractivity contribution in [1.82, 2.24) is 15.0 Å². The fraction of sp³-hybridized carbons (Fsp3) is 0.412. The third kappa shape index (κ3) is 3.88. The Bertz CT molecular complexity index is 933. The fourth-order valence-corrected chi connectivity index (χ4v) is 3.11. The summed E-state index contributed by atoms with van der Waals surface area (Å²) < 4.78 is 51.0. The van der Waals surface area contributed by atoms with Crippen LogP contribution in [-0.4, -0.2) is 60.5 Å². The van der Waals surface area contributed by atoms with Gasteiger partial charge in [-0.1, -0.05) is 0 Å². The number of hydrogen-bond donors (Lipinski definition) is 1. The van der Waals surface area contributed by atoms with Crippen LogP contribution in [0.4, 0.5) is 35.5 Å². The van der Waals surface area contributed by atoms with Gasteiger partial charge in [-0.15, -0.1) is 0 Å². The number of rotatable bonds is 3. The lowest BCUT2D eigenvalue weighted by Crippen LogP contribution is -2.38. The monoisotopic (exact) mass is 410 g/mol. The predicted octanol–water partition coefficient (Wildman–Crippen LogP) is 1.93. The highest BCUT2D eigenvalue weighted by Crippen LogP contribution is 2.38. The summed E-state index contributed by atoms with van der Waals surface area (Å²) in [6.45, 7) is 2.23. The lowest BCUT2D eigenvalue weighted by Gasteiger charge is -2.28. The van der Waals surface area contributed by atoms with Gasteiger partial charge in [-0.3, -0.25) is 4.90 Å². The van der Waals surface area contributed by atoms with Crippen molar-refractivity contribution in [2.45, 2.75) is 6.18 Å². The Morgan fingerprint density at radius 3 is 2.48 bits per heavy atom. The number of hydrogen-bond acceptors (Lipinski definition) is 8. The average Bonchev–Trinajstić information content (AvgIpc) is 3.13. The molecule has 0 aliphatic carbocycles. The highest BCUT2D eigenvalue weighted by molar-refractivity contribution is 5.89. The third-order valence-corrected chi connectivity index (χ3v) is 4.54. The molecule has 2 aliphatic heterocycles. The second-order valence-electron chi connectivity index (χ2n) is 6.43. The van der Waals surface area contributed by atoms with Gasteiger partial charge in [-0.05, 0) is 6.07 Å². The van der Waals surface area contributed by atoms with E-state index in [0.29, 0.717) is 26.3 Å². The zero-order valence-electron chi connectivity index (χ0n) is 15.1. The maximum Gasteiger partial charge on any atom is 0.417 e. The molecule has 0 spiro atoms. The van der Waals surface area contributed by atoms with Gasteiger partial charge in [0.25, 0.3) is 0 Å². The molecule has 2 saturated heterocycles. The summed E-state index contributed by atoms with van der Waals surface area (Å²) in [7, 11) is 0. The molecule has 0 aromatic carbocycles. The number of nitrogen functional groups attached to an aromatic ring is 1. The van der Waals surface area contributed by atoms with Crippen molar-refractivity contribution >= 4 is 23.7 Å². The van der Waals surface area contributed by atoms with Crippen LogP contribution < -0.4 is 15.5 Å². The van der Waals surface area contributed by atoms with Gasteiger partial charge in [-0.25, -0.2) is 14.8 Å². The molecule has 154 valence electrons. The first kappa shape index (κ1) is 19.2. The largest absolute Gasteiger partial charge is 0.447 e. The van der Waals surface area contributed by atoms with Crippen molar-refractivity contribution < 1.29 is 27.4 Å². The quantitative estimate of drug-likeness (QED) is 0.818. The number of halogens is 3. The van der Waals surface area contributed by atoms with Crippen LogP contribution in [0.1, 0.15) is 5.56 Å². The predicted molar refractivity (Wildman–Crippen MR) is 96.4 cm³/mol. The van der Waals surface area contributed by atoms with E-state index in [1.165, 1.54) is 11.0 Å². The molecule has 2 fully saturated rings. The number of cyclic esters (lactones) is 1. The summed E-state index contributed by atoms with van der Waals surface area (Å²) in [6, 6.07) is 2.08. The Labute approximate surface area is 163 Å². The molecular weight excluding hydrogens is 393 g/mol. The van der Waals surface area contributed by atoms with Crippen molar-refractivity contribution in [1.29, 1.82) is 0 Å². The molecule has 0 saturated carbocycles. The molecule has 4 heterocycles. The number of ether oxygens (including phenoxy) is 2. The average molecular weight is 410 g/mol. The van der Waals surface area contributed by atoms with E-state index >= 15 is 0 Å². The lowest BCUT2D eigenvalue weighted by atomic mass is 10.1. The van der Waals surface area contributed by atoms with Crippen LogP contribution in [0.25, 0.3) is 11.3 Å². The van der Waals surface area contributed by atoms with Crippen molar-refractivity contribution in [3.8, 4) is 11.3 Å². The number of carbonyl (C=O) groups excluding carboxylic acids is 1. The first-order valence-electron chi connectivity index (χ1n) is 8.82. The molecule has 2 aliphatic rings. The minimum absolute atomic E-state index is 0.0176. The highest BCUT2D eigenvalue weighted by Gasteiger charge is 2.35. The number of anilines is 3. The summed E-state index contributed by atoms with van der Waals surface area (Å²) in [4.78, 5) is 27.5. The smallest absolute Gasteiger partial charge is 0.417 e. The van der Waals surface area contributed by atoms with Crippen molar-refractivity contribution in [2.75, 3.05) is 55.0 Å². The molecule has 9 nitrogen and oxygen atoms in total. The zero-order chi connectivity index (χ0) is 20.6. The summed E-state index contributed by atoms with van der Waals surface area (Å²) in [6.07, 6.45) is -4.26. The van der Waals surface area contributed by atoms with Gasteiger partial charge < -0.3 is 20.1 Å². The SMILES string of the molecule is Nc1cc(C(F)(F)F)c(-c2cc(N3CCOC3=O)nc(N3CCOCC3)n2)cn1. The van der Waals surface area contributed by atoms with Crippen LogP contribution in [0, 0.1) is 0 Å². The number of nitrogens with zero attached hydrogens (tertiary/aromatic N) is 5. The number of carbonyl (C=O) groups is 1. The maximum atomic E-state index is 13.6. The minimum atomic E-state index is -4.66. The number of aromatic nitrogens is 3. The van der Waals surface area contributed by atoms with E-state index in [4.69, 9.17) is 15.2 Å². The first-order valence-corrected chi connectivity index (χ1v) is 8.82. The number of morpholine rings is 1. The maximum absolute atomic E-state index is 13.6. The molecule has 0 radical (unpaired) electrons. The molecule has 4 rings (SSSR count). The highest BCUT2D eigenvalue weighted by atomic mass is 19.4. The number of amides is 1. The van der Waals surface area contributed by atoms with Gasteiger partial charge in [0, 0.05) is 30.9 Å². The topological polar surface area (TPSA) is 107 Å². The van der Waals surface area contributed by atoms with Crippen molar-refractivity contribution in [3.63, 3.8) is 0 Å². The van der Waals surface area contributed by atoms with E-state index in [9.17, 15) is 18.0 Å². The molecule has 2 aromatic rings. The van der Waals surface area contributed by atoms with Gasteiger partial charge in [0.05, 0.1) is 31.0 Å². The third-order valence-electron chi connectivity index (χ3n) is 4.54. The van der Waals surface area contributed by atoms with Crippen LogP contribution in [0.15, 0.2) is 18.3 Å². The van der Waals surface area contributed by atoms with Gasteiger partial charge in [0.2, 0.25) is 5.95 Å². The van der Waals surface area contributed by atoms with Gasteiger partial charge in [0.1, 0.15) is 18.2 Å². The molecule has 0 bridgehead atoms. The fourth-order valence-electron chi connectivity index (χ4n) is 3.11. The molecule has 12 heteroatoms. The minimum Gasteiger partial charge on any atom is -0.447 e. The second-order valence-corrected chi connectivity index (χ2v) is 6.43. The summed E-state index contributed by atoms with van der Waals surface area (Å²) in [5.74, 6) is 0.0984. The second kappa shape index (κ2) is 7.35. The van der Waals surface area contributed by atoms with Crippen molar-refractivity contribution in [3.05, 3.63) is 23.9 Å². The summed E-state index contributed by atoms with van der Waals surface area (Å²) in [5.41, 5.74) is 4.23. The number of alkyl halides is 3. The van der Waals surface area contributed by atoms with E-state index < -0.39 is 17.8 Å². The van der Waals surface area contributed by atoms with Crippen molar-refractivity contribution in [2.24, 2.45) is 0 Å². The number of nitrogens with two attached hydrogens (primary N) is 1. The summed E-state index contributed by atoms with van der Waals surface area (Å²) in [5, 5.41) is 0. The molecule has 2 aromatic heterocycles. The zero-order valence-corrected chi connectivity index (χ0v) is 15.1. The normalized spacial score (nSPS) is 17.6. The van der Waals surface area contributed by atoms with E-state index in [2.05, 4.69) is 15.0 Å². The van der Waals surface area contributed by atoms with E-state index in [-0.39, 0.29) is 42.0 Å². The standard InChI is InChI=1S/C17H17F3N6O3/c18-17(19,20)11-7-13(21)22-9-10(11)12-8-14(26-3-6-29-16(26)27)24-15(23-12)25-1-4-28-5-2-25/h7-9H,1-6H2,(H2,21,22). The van der Waals surface area contributed by atoms with Crippen LogP contribution in [0.2, 0.25) is 0 Å². The molecule has 29 heavy (non-hydrogen) atoms. The van der Waals surface area contributed by atoms with Gasteiger partial charge in [0.15, 0.2) is 0 Å². The first-order chi connectivity index (χ1) is 13.8. The Balaban J connectivity index is 1.86. The Kier molecular flexibility index (Phi) is 4.86. The summed E-state index contributed by atoms with van der Waals surface area (Å²) >= 11 is 0. The molecule has 2 N–H and O–H groups in total.